The van der Waals surface area contributed by atoms with E-state index in [1.54, 1.807) is 19.2 Å². The van der Waals surface area contributed by atoms with Gasteiger partial charge in [-0.05, 0) is 18.2 Å². The lowest BCUT2D eigenvalue weighted by Gasteiger charge is -2.09. The molecular formula is C14H23N3O5S. The van der Waals surface area contributed by atoms with Crippen LogP contribution in [0.3, 0.4) is 0 Å². The molecule has 4 N–H and O–H groups in total. The molecule has 130 valence electrons. The molecule has 0 atom stereocenters. The number of hydrogen-bond donors (Lipinski definition) is 3. The van der Waals surface area contributed by atoms with E-state index in [2.05, 4.69) is 10.0 Å². The normalized spacial score (nSPS) is 11.4. The highest BCUT2D eigenvalue weighted by atomic mass is 32.2. The van der Waals surface area contributed by atoms with Crippen LogP contribution in [0, 0.1) is 0 Å². The minimum absolute atomic E-state index is 0.0695. The molecule has 0 fully saturated rings. The van der Waals surface area contributed by atoms with Crippen molar-refractivity contribution in [2.45, 2.75) is 11.3 Å². The maximum Gasteiger partial charge on any atom is 0.240 e. The topological polar surface area (TPSA) is 120 Å². The SMILES string of the molecule is COCCOCCC(=O)Nc1cccc(S(=O)(=O)NCCN)c1. The van der Waals surface area contributed by atoms with E-state index in [9.17, 15) is 13.2 Å². The van der Waals surface area contributed by atoms with Crippen molar-refractivity contribution in [3.63, 3.8) is 0 Å². The molecule has 8 nitrogen and oxygen atoms in total. The van der Waals surface area contributed by atoms with Gasteiger partial charge in [-0.3, -0.25) is 4.79 Å². The van der Waals surface area contributed by atoms with Crippen LogP contribution < -0.4 is 15.8 Å². The van der Waals surface area contributed by atoms with Gasteiger partial charge in [-0.15, -0.1) is 0 Å². The Morgan fingerprint density at radius 1 is 1.26 bits per heavy atom. The standard InChI is InChI=1S/C14H23N3O5S/c1-21-9-10-22-8-5-14(18)17-12-3-2-4-13(11-12)23(19,20)16-7-6-15/h2-4,11,16H,5-10,15H2,1H3,(H,17,18). The zero-order chi connectivity index (χ0) is 17.1. The van der Waals surface area contributed by atoms with Gasteiger partial charge in [-0.1, -0.05) is 6.07 Å². The Hall–Kier alpha value is -1.52. The molecule has 0 unspecified atom stereocenters. The minimum atomic E-state index is -3.63. The molecule has 0 heterocycles. The van der Waals surface area contributed by atoms with Crippen LogP contribution >= 0.6 is 0 Å². The van der Waals surface area contributed by atoms with E-state index >= 15 is 0 Å². The van der Waals surface area contributed by atoms with E-state index in [1.165, 1.54) is 12.1 Å². The summed E-state index contributed by atoms with van der Waals surface area (Å²) in [5.74, 6) is -0.258. The summed E-state index contributed by atoms with van der Waals surface area (Å²) in [6, 6.07) is 6.01. The molecule has 0 aliphatic rings. The lowest BCUT2D eigenvalue weighted by molar-refractivity contribution is -0.117. The first-order valence-electron chi connectivity index (χ1n) is 7.16. The largest absolute Gasteiger partial charge is 0.382 e. The summed E-state index contributed by atoms with van der Waals surface area (Å²) in [5, 5.41) is 2.63. The maximum atomic E-state index is 12.0. The van der Waals surface area contributed by atoms with Crippen LogP contribution in [0.4, 0.5) is 5.69 Å². The Morgan fingerprint density at radius 3 is 2.74 bits per heavy atom. The van der Waals surface area contributed by atoms with Crippen molar-refractivity contribution >= 4 is 21.6 Å². The second kappa shape index (κ2) is 10.3. The number of carbonyl (C=O) groups is 1. The van der Waals surface area contributed by atoms with Crippen molar-refractivity contribution in [3.05, 3.63) is 24.3 Å². The Labute approximate surface area is 136 Å². The van der Waals surface area contributed by atoms with Gasteiger partial charge in [0.15, 0.2) is 0 Å². The molecule has 23 heavy (non-hydrogen) atoms. The predicted molar refractivity (Wildman–Crippen MR) is 86.6 cm³/mol. The Balaban J connectivity index is 2.55. The first kappa shape index (κ1) is 19.5. The average molecular weight is 345 g/mol. The number of methoxy groups -OCH3 is 1. The number of amides is 1. The van der Waals surface area contributed by atoms with Crippen molar-refractivity contribution in [1.29, 1.82) is 0 Å². The lowest BCUT2D eigenvalue weighted by atomic mass is 10.3. The maximum absolute atomic E-state index is 12.0. The van der Waals surface area contributed by atoms with Crippen LogP contribution in [0.2, 0.25) is 0 Å². The first-order chi connectivity index (χ1) is 11.0. The van der Waals surface area contributed by atoms with Crippen LogP contribution in [0.5, 0.6) is 0 Å². The van der Waals surface area contributed by atoms with Crippen molar-refractivity contribution in [2.75, 3.05) is 45.3 Å². The van der Waals surface area contributed by atoms with E-state index in [4.69, 9.17) is 15.2 Å². The number of carbonyl (C=O) groups excluding carboxylic acids is 1. The molecule has 0 radical (unpaired) electrons. The first-order valence-corrected chi connectivity index (χ1v) is 8.64. The molecule has 1 aromatic rings. The van der Waals surface area contributed by atoms with Gasteiger partial charge in [0, 0.05) is 25.9 Å². The highest BCUT2D eigenvalue weighted by Gasteiger charge is 2.14. The van der Waals surface area contributed by atoms with E-state index in [0.29, 0.717) is 18.9 Å². The predicted octanol–water partition coefficient (Wildman–Crippen LogP) is -0.0848. The summed E-state index contributed by atoms with van der Waals surface area (Å²) in [6.07, 6.45) is 0.173. The Morgan fingerprint density at radius 2 is 2.04 bits per heavy atom. The fourth-order valence-corrected chi connectivity index (χ4v) is 2.74. The molecule has 1 amide bonds. The van der Waals surface area contributed by atoms with E-state index < -0.39 is 10.0 Å². The molecular weight excluding hydrogens is 322 g/mol. The smallest absolute Gasteiger partial charge is 0.240 e. The fraction of sp³-hybridized carbons (Fsp3) is 0.500. The van der Waals surface area contributed by atoms with E-state index in [0.717, 1.165) is 0 Å². The Kier molecular flexibility index (Phi) is 8.74. The number of hydrogen-bond acceptors (Lipinski definition) is 6. The lowest BCUT2D eigenvalue weighted by Crippen LogP contribution is -2.29. The number of nitrogens with one attached hydrogen (secondary N) is 2. The zero-order valence-corrected chi connectivity index (χ0v) is 13.9. The molecule has 0 saturated heterocycles. The monoisotopic (exact) mass is 345 g/mol. The van der Waals surface area contributed by atoms with Crippen LogP contribution in [0.1, 0.15) is 6.42 Å². The van der Waals surface area contributed by atoms with Crippen LogP contribution in [-0.2, 0) is 24.3 Å². The van der Waals surface area contributed by atoms with Gasteiger partial charge >= 0.3 is 0 Å². The highest BCUT2D eigenvalue weighted by molar-refractivity contribution is 7.89. The van der Waals surface area contributed by atoms with Crippen molar-refractivity contribution < 1.29 is 22.7 Å². The van der Waals surface area contributed by atoms with Crippen LogP contribution in [0.25, 0.3) is 0 Å². The average Bonchev–Trinajstić information content (AvgIpc) is 2.53. The van der Waals surface area contributed by atoms with Gasteiger partial charge in [-0.2, -0.15) is 0 Å². The van der Waals surface area contributed by atoms with Crippen molar-refractivity contribution in [2.24, 2.45) is 5.73 Å². The number of benzene rings is 1. The number of anilines is 1. The van der Waals surface area contributed by atoms with Crippen molar-refractivity contribution in [3.8, 4) is 0 Å². The summed E-state index contributed by atoms with van der Waals surface area (Å²) in [5.41, 5.74) is 5.69. The molecule has 0 aliphatic carbocycles. The van der Waals surface area contributed by atoms with Gasteiger partial charge in [-0.25, -0.2) is 13.1 Å². The molecule has 0 spiro atoms. The highest BCUT2D eigenvalue weighted by Crippen LogP contribution is 2.15. The summed E-state index contributed by atoms with van der Waals surface area (Å²) >= 11 is 0. The molecule has 1 rings (SSSR count). The Bertz CT molecular complexity index is 592. The van der Waals surface area contributed by atoms with Gasteiger partial charge in [0.05, 0.1) is 31.1 Å². The van der Waals surface area contributed by atoms with Crippen molar-refractivity contribution in [1.82, 2.24) is 4.72 Å². The van der Waals surface area contributed by atoms with Gasteiger partial charge in [0.25, 0.3) is 0 Å². The quantitative estimate of drug-likeness (QED) is 0.482. The molecule has 0 aliphatic heterocycles. The van der Waals surface area contributed by atoms with E-state index in [1.807, 2.05) is 0 Å². The number of rotatable bonds is 11. The molecule has 0 aromatic heterocycles. The minimum Gasteiger partial charge on any atom is -0.382 e. The second-order valence-corrected chi connectivity index (χ2v) is 6.38. The second-order valence-electron chi connectivity index (χ2n) is 4.62. The molecule has 0 saturated carbocycles. The third-order valence-electron chi connectivity index (χ3n) is 2.77. The van der Waals surface area contributed by atoms with Crippen LogP contribution in [0.15, 0.2) is 29.2 Å². The molecule has 9 heteroatoms. The number of ether oxygens (including phenoxy) is 2. The summed E-state index contributed by atoms with van der Waals surface area (Å²) in [7, 11) is -2.06. The summed E-state index contributed by atoms with van der Waals surface area (Å²) in [4.78, 5) is 11.8. The number of nitrogens with two attached hydrogens (primary N) is 1. The van der Waals surface area contributed by atoms with Gasteiger partial charge in [0.1, 0.15) is 0 Å². The molecule has 1 aromatic carbocycles. The summed E-state index contributed by atoms with van der Waals surface area (Å²) in [6.45, 7) is 1.52. The third kappa shape index (κ3) is 7.53. The van der Waals surface area contributed by atoms with E-state index in [-0.39, 0.29) is 36.9 Å². The summed E-state index contributed by atoms with van der Waals surface area (Å²) < 4.78 is 36.4. The van der Waals surface area contributed by atoms with Gasteiger partial charge < -0.3 is 20.5 Å². The number of sulfonamides is 1. The zero-order valence-electron chi connectivity index (χ0n) is 13.1. The molecule has 0 bridgehead atoms. The van der Waals surface area contributed by atoms with Crippen LogP contribution in [-0.4, -0.2) is 54.3 Å². The van der Waals surface area contributed by atoms with Gasteiger partial charge in [0.2, 0.25) is 15.9 Å². The fourth-order valence-electron chi connectivity index (χ4n) is 1.65. The third-order valence-corrected chi connectivity index (χ3v) is 4.23.